The van der Waals surface area contributed by atoms with Crippen molar-refractivity contribution in [1.29, 1.82) is 0 Å². The average Bonchev–Trinajstić information content (AvgIpc) is 2.93. The molecule has 1 aliphatic carbocycles. The van der Waals surface area contributed by atoms with Crippen LogP contribution in [0.15, 0.2) is 35.6 Å². The summed E-state index contributed by atoms with van der Waals surface area (Å²) in [4.78, 5) is 27.9. The molecule has 5 nitrogen and oxygen atoms in total. The summed E-state index contributed by atoms with van der Waals surface area (Å²) in [6, 6.07) is 6.78. The van der Waals surface area contributed by atoms with E-state index in [4.69, 9.17) is 16.3 Å². The molecule has 4 rings (SSSR count). The van der Waals surface area contributed by atoms with E-state index in [1.807, 2.05) is 12.1 Å². The average molecular weight is 376 g/mol. The number of nitrogens with zero attached hydrogens (tertiary/aromatic N) is 1. The maximum atomic E-state index is 13.3. The van der Waals surface area contributed by atoms with Crippen LogP contribution >= 0.6 is 11.6 Å². The van der Waals surface area contributed by atoms with Crippen LogP contribution in [-0.2, 0) is 14.3 Å². The van der Waals surface area contributed by atoms with E-state index >= 15 is 0 Å². The van der Waals surface area contributed by atoms with Crippen molar-refractivity contribution >= 4 is 23.3 Å². The van der Waals surface area contributed by atoms with E-state index in [1.54, 1.807) is 17.0 Å². The summed E-state index contributed by atoms with van der Waals surface area (Å²) < 4.78 is 6.06. The molecule has 1 N–H and O–H groups in total. The number of benzene rings is 1. The van der Waals surface area contributed by atoms with E-state index in [0.29, 0.717) is 23.6 Å². The minimum atomic E-state index is -0.488. The number of halogens is 1. The minimum Gasteiger partial charge on any atom is -0.483 e. The van der Waals surface area contributed by atoms with Crippen LogP contribution in [0.5, 0.6) is 0 Å². The quantitative estimate of drug-likeness (QED) is 0.878. The first-order valence-corrected chi connectivity index (χ1v) is 9.62. The van der Waals surface area contributed by atoms with Crippen molar-refractivity contribution in [2.45, 2.75) is 44.2 Å². The molecule has 26 heavy (non-hydrogen) atoms. The molecule has 0 radical (unpaired) electrons. The Balaban J connectivity index is 1.78. The molecule has 1 aromatic carbocycles. The van der Waals surface area contributed by atoms with Gasteiger partial charge in [-0.25, -0.2) is 0 Å². The summed E-state index contributed by atoms with van der Waals surface area (Å²) in [5.74, 6) is -0.160. The Bertz CT molecular complexity index is 775. The summed E-state index contributed by atoms with van der Waals surface area (Å²) in [6.07, 6.45) is 3.94. The lowest BCUT2D eigenvalue weighted by Crippen LogP contribution is -2.39. The largest absolute Gasteiger partial charge is 0.483 e. The van der Waals surface area contributed by atoms with Crippen molar-refractivity contribution < 1.29 is 19.4 Å². The van der Waals surface area contributed by atoms with E-state index in [1.165, 1.54) is 0 Å². The number of hydrogen-bond donors (Lipinski definition) is 1. The molecule has 138 valence electrons. The van der Waals surface area contributed by atoms with Crippen LogP contribution in [0.4, 0.5) is 0 Å². The molecule has 6 heteroatoms. The van der Waals surface area contributed by atoms with Crippen LogP contribution in [0, 0.1) is 5.92 Å². The van der Waals surface area contributed by atoms with Gasteiger partial charge in [0.25, 0.3) is 5.91 Å². The highest BCUT2D eigenvalue weighted by molar-refractivity contribution is 6.30. The SMILES string of the molecule is O=C1C2=C(OC3CCCCC13)C(=O)N(CCCO)C2c1cccc(Cl)c1. The molecule has 2 aliphatic heterocycles. The van der Waals surface area contributed by atoms with Gasteiger partial charge < -0.3 is 14.7 Å². The Kier molecular flexibility index (Phi) is 4.76. The Morgan fingerprint density at radius 1 is 1.23 bits per heavy atom. The number of hydrogen-bond acceptors (Lipinski definition) is 4. The number of carbonyl (C=O) groups excluding carboxylic acids is 2. The Hall–Kier alpha value is -1.85. The maximum Gasteiger partial charge on any atom is 0.290 e. The molecule has 1 fully saturated rings. The van der Waals surface area contributed by atoms with E-state index < -0.39 is 6.04 Å². The maximum absolute atomic E-state index is 13.3. The molecule has 0 spiro atoms. The molecule has 3 atom stereocenters. The second-order valence-electron chi connectivity index (χ2n) is 7.19. The highest BCUT2D eigenvalue weighted by Crippen LogP contribution is 2.46. The summed E-state index contributed by atoms with van der Waals surface area (Å²) in [7, 11) is 0. The van der Waals surface area contributed by atoms with E-state index in [2.05, 4.69) is 0 Å². The lowest BCUT2D eigenvalue weighted by atomic mass is 9.77. The number of carbonyl (C=O) groups is 2. The van der Waals surface area contributed by atoms with Gasteiger partial charge in [-0.2, -0.15) is 0 Å². The number of aliphatic hydroxyl groups excluding tert-OH is 1. The van der Waals surface area contributed by atoms with Crippen LogP contribution in [0.3, 0.4) is 0 Å². The Labute approximate surface area is 157 Å². The van der Waals surface area contributed by atoms with Crippen LogP contribution in [0.2, 0.25) is 5.02 Å². The van der Waals surface area contributed by atoms with Crippen molar-refractivity contribution in [2.75, 3.05) is 13.2 Å². The third-order valence-electron chi connectivity index (χ3n) is 5.58. The summed E-state index contributed by atoms with van der Waals surface area (Å²) >= 11 is 6.16. The number of ether oxygens (including phenoxy) is 1. The van der Waals surface area contributed by atoms with Crippen LogP contribution in [0.1, 0.15) is 43.7 Å². The van der Waals surface area contributed by atoms with E-state index in [0.717, 1.165) is 31.2 Å². The van der Waals surface area contributed by atoms with E-state index in [9.17, 15) is 14.7 Å². The first-order chi connectivity index (χ1) is 12.6. The number of amides is 1. The van der Waals surface area contributed by atoms with Gasteiger partial charge in [0.05, 0.1) is 17.5 Å². The molecule has 2 heterocycles. The molecule has 1 amide bonds. The van der Waals surface area contributed by atoms with Gasteiger partial charge in [0.2, 0.25) is 0 Å². The van der Waals surface area contributed by atoms with Crippen molar-refractivity contribution in [3.63, 3.8) is 0 Å². The van der Waals surface area contributed by atoms with Crippen molar-refractivity contribution in [2.24, 2.45) is 5.92 Å². The lowest BCUT2D eigenvalue weighted by Gasteiger charge is -2.35. The van der Waals surface area contributed by atoms with Gasteiger partial charge in [0.1, 0.15) is 6.10 Å². The Morgan fingerprint density at radius 3 is 2.81 bits per heavy atom. The number of rotatable bonds is 4. The molecule has 1 saturated carbocycles. The second-order valence-corrected chi connectivity index (χ2v) is 7.62. The normalized spacial score (nSPS) is 28.1. The highest BCUT2D eigenvalue weighted by atomic mass is 35.5. The monoisotopic (exact) mass is 375 g/mol. The van der Waals surface area contributed by atoms with Crippen LogP contribution in [-0.4, -0.2) is 41.0 Å². The van der Waals surface area contributed by atoms with Crippen LogP contribution < -0.4 is 0 Å². The predicted octanol–water partition coefficient (Wildman–Crippen LogP) is 3.02. The fraction of sp³-hybridized carbons (Fsp3) is 0.500. The number of aliphatic hydroxyl groups is 1. The third-order valence-corrected chi connectivity index (χ3v) is 5.82. The molecule has 3 aliphatic rings. The summed E-state index contributed by atoms with van der Waals surface area (Å²) in [6.45, 7) is 0.349. The molecule has 3 unspecified atom stereocenters. The summed E-state index contributed by atoms with van der Waals surface area (Å²) in [5.41, 5.74) is 1.28. The smallest absolute Gasteiger partial charge is 0.290 e. The fourth-order valence-corrected chi connectivity index (χ4v) is 4.59. The Morgan fingerprint density at radius 2 is 2.04 bits per heavy atom. The molecular formula is C20H22ClNO4. The molecular weight excluding hydrogens is 354 g/mol. The lowest BCUT2D eigenvalue weighted by molar-refractivity contribution is -0.135. The van der Waals surface area contributed by atoms with Crippen molar-refractivity contribution in [3.05, 3.63) is 46.2 Å². The first kappa shape index (κ1) is 17.6. The fourth-order valence-electron chi connectivity index (χ4n) is 4.39. The van der Waals surface area contributed by atoms with E-state index in [-0.39, 0.29) is 36.1 Å². The topological polar surface area (TPSA) is 66.8 Å². The predicted molar refractivity (Wildman–Crippen MR) is 96.5 cm³/mol. The van der Waals surface area contributed by atoms with Crippen molar-refractivity contribution in [1.82, 2.24) is 4.90 Å². The summed E-state index contributed by atoms with van der Waals surface area (Å²) in [5, 5.41) is 9.78. The zero-order valence-electron chi connectivity index (χ0n) is 14.5. The van der Waals surface area contributed by atoms with Gasteiger partial charge in [0, 0.05) is 18.2 Å². The molecule has 0 bridgehead atoms. The number of Topliss-reactive ketones (excluding diaryl/α,β-unsaturated/α-hetero) is 1. The van der Waals surface area contributed by atoms with Gasteiger partial charge >= 0.3 is 0 Å². The minimum absolute atomic E-state index is 0.0171. The molecule has 0 aromatic heterocycles. The standard InChI is InChI=1S/C20H22ClNO4/c21-13-6-3-5-12(11-13)17-16-18(24)14-7-1-2-8-15(14)26-19(16)20(25)22(17)9-4-10-23/h3,5-6,11,14-15,17,23H,1-2,4,7-10H2. The van der Waals surface area contributed by atoms with Gasteiger partial charge in [0.15, 0.2) is 11.5 Å². The highest BCUT2D eigenvalue weighted by Gasteiger charge is 2.51. The zero-order valence-corrected chi connectivity index (χ0v) is 15.2. The number of ketones is 1. The van der Waals surface area contributed by atoms with Gasteiger partial charge in [-0.15, -0.1) is 0 Å². The number of fused-ring (bicyclic) bond motifs is 1. The van der Waals surface area contributed by atoms with Crippen molar-refractivity contribution in [3.8, 4) is 0 Å². The second kappa shape index (κ2) is 7.05. The van der Waals surface area contributed by atoms with Gasteiger partial charge in [-0.05, 0) is 43.4 Å². The van der Waals surface area contributed by atoms with Gasteiger partial charge in [-0.1, -0.05) is 30.2 Å². The third kappa shape index (κ3) is 2.83. The molecule has 0 saturated heterocycles. The molecule has 1 aromatic rings. The zero-order chi connectivity index (χ0) is 18.3. The van der Waals surface area contributed by atoms with Gasteiger partial charge in [-0.3, -0.25) is 9.59 Å². The first-order valence-electron chi connectivity index (χ1n) is 9.24. The van der Waals surface area contributed by atoms with Crippen LogP contribution in [0.25, 0.3) is 0 Å².